The zero-order valence-electron chi connectivity index (χ0n) is 6.94. The third-order valence-corrected chi connectivity index (χ3v) is 1.50. The van der Waals surface area contributed by atoms with Gasteiger partial charge < -0.3 is 10.8 Å². The number of carboxylic acid groups (broad SMARTS) is 1. The molecule has 0 spiro atoms. The third-order valence-electron chi connectivity index (χ3n) is 1.50. The minimum atomic E-state index is -1.25. The van der Waals surface area contributed by atoms with Crippen molar-refractivity contribution in [1.29, 1.82) is 0 Å². The van der Waals surface area contributed by atoms with Crippen molar-refractivity contribution in [2.75, 3.05) is 5.73 Å². The number of nitrogen functional groups attached to an aromatic ring is 1. The summed E-state index contributed by atoms with van der Waals surface area (Å²) >= 11 is 0. The Balaban J connectivity index is 3.35. The number of anilines is 1. The maximum absolute atomic E-state index is 10.9. The van der Waals surface area contributed by atoms with E-state index in [1.165, 1.54) is 19.1 Å². The van der Waals surface area contributed by atoms with Crippen LogP contribution >= 0.6 is 0 Å². The lowest BCUT2D eigenvalue weighted by Crippen LogP contribution is -2.10. The molecule has 0 bridgehead atoms. The van der Waals surface area contributed by atoms with E-state index in [0.29, 0.717) is 0 Å². The maximum Gasteiger partial charge on any atom is 0.355 e. The van der Waals surface area contributed by atoms with Gasteiger partial charge in [-0.25, -0.2) is 9.78 Å². The van der Waals surface area contributed by atoms with E-state index in [1.807, 2.05) is 0 Å². The van der Waals surface area contributed by atoms with Gasteiger partial charge in [0.2, 0.25) is 0 Å². The summed E-state index contributed by atoms with van der Waals surface area (Å²) in [6.45, 7) is 1.28. The fourth-order valence-electron chi connectivity index (χ4n) is 0.921. The molecule has 0 aliphatic rings. The van der Waals surface area contributed by atoms with Crippen molar-refractivity contribution in [3.63, 3.8) is 0 Å². The van der Waals surface area contributed by atoms with Crippen LogP contribution in [0.5, 0.6) is 0 Å². The lowest BCUT2D eigenvalue weighted by atomic mass is 10.1. The number of carbonyl (C=O) groups is 2. The van der Waals surface area contributed by atoms with Crippen LogP contribution in [-0.2, 0) is 0 Å². The van der Waals surface area contributed by atoms with Crippen molar-refractivity contribution in [2.24, 2.45) is 0 Å². The Morgan fingerprint density at radius 2 is 2.08 bits per heavy atom. The molecule has 13 heavy (non-hydrogen) atoms. The van der Waals surface area contributed by atoms with Crippen molar-refractivity contribution in [3.8, 4) is 0 Å². The molecule has 5 nitrogen and oxygen atoms in total. The van der Waals surface area contributed by atoms with E-state index in [1.54, 1.807) is 0 Å². The minimum absolute atomic E-state index is 0.0710. The number of pyridine rings is 1. The molecule has 3 N–H and O–H groups in total. The predicted molar refractivity (Wildman–Crippen MR) is 45.6 cm³/mol. The summed E-state index contributed by atoms with van der Waals surface area (Å²) in [4.78, 5) is 25.1. The van der Waals surface area contributed by atoms with Gasteiger partial charge in [0.1, 0.15) is 5.82 Å². The molecule has 0 aromatic carbocycles. The first kappa shape index (κ1) is 9.18. The summed E-state index contributed by atoms with van der Waals surface area (Å²) < 4.78 is 0. The van der Waals surface area contributed by atoms with Crippen molar-refractivity contribution >= 4 is 17.6 Å². The van der Waals surface area contributed by atoms with Crippen molar-refractivity contribution in [3.05, 3.63) is 23.4 Å². The molecule has 0 saturated heterocycles. The standard InChI is InChI=1S/C8H8N2O3/c1-4(11)5-2-3-6(9)10-7(5)8(12)13/h2-3H,1H3,(H2,9,10)(H,12,13). The number of ketones is 1. The first-order chi connectivity index (χ1) is 6.02. The summed E-state index contributed by atoms with van der Waals surface area (Å²) in [5.74, 6) is -1.51. The molecule has 0 radical (unpaired) electrons. The molecule has 0 aliphatic carbocycles. The Labute approximate surface area is 74.2 Å². The van der Waals surface area contributed by atoms with E-state index in [2.05, 4.69) is 4.98 Å². The molecule has 1 aromatic heterocycles. The molecule has 0 unspecified atom stereocenters. The number of aromatic carboxylic acids is 1. The molecule has 0 saturated carbocycles. The molecular weight excluding hydrogens is 172 g/mol. The summed E-state index contributed by atoms with van der Waals surface area (Å²) in [7, 11) is 0. The topological polar surface area (TPSA) is 93.3 Å². The van der Waals surface area contributed by atoms with E-state index in [9.17, 15) is 9.59 Å². The lowest BCUT2D eigenvalue weighted by Gasteiger charge is -2.01. The van der Waals surface area contributed by atoms with Gasteiger partial charge in [-0.2, -0.15) is 0 Å². The average molecular weight is 180 g/mol. The van der Waals surface area contributed by atoms with E-state index in [-0.39, 0.29) is 22.9 Å². The fraction of sp³-hybridized carbons (Fsp3) is 0.125. The van der Waals surface area contributed by atoms with Gasteiger partial charge in [-0.15, -0.1) is 0 Å². The minimum Gasteiger partial charge on any atom is -0.476 e. The Hall–Kier alpha value is -1.91. The van der Waals surface area contributed by atoms with Crippen molar-refractivity contribution < 1.29 is 14.7 Å². The van der Waals surface area contributed by atoms with E-state index in [0.717, 1.165) is 0 Å². The monoisotopic (exact) mass is 180 g/mol. The molecule has 1 rings (SSSR count). The second kappa shape index (κ2) is 3.22. The van der Waals surface area contributed by atoms with Crippen molar-refractivity contribution in [2.45, 2.75) is 6.92 Å². The van der Waals surface area contributed by atoms with Crippen molar-refractivity contribution in [1.82, 2.24) is 4.98 Å². The highest BCUT2D eigenvalue weighted by Gasteiger charge is 2.14. The van der Waals surface area contributed by atoms with Gasteiger partial charge >= 0.3 is 5.97 Å². The first-order valence-electron chi connectivity index (χ1n) is 3.53. The quantitative estimate of drug-likeness (QED) is 0.648. The normalized spacial score (nSPS) is 9.62. The number of carboxylic acids is 1. The van der Waals surface area contributed by atoms with Crippen LogP contribution in [0.2, 0.25) is 0 Å². The Morgan fingerprint density at radius 1 is 1.46 bits per heavy atom. The highest BCUT2D eigenvalue weighted by molar-refractivity contribution is 6.03. The predicted octanol–water partition coefficient (Wildman–Crippen LogP) is 0.565. The molecule has 0 amide bonds. The first-order valence-corrected chi connectivity index (χ1v) is 3.53. The summed E-state index contributed by atoms with van der Waals surface area (Å²) in [5, 5.41) is 8.67. The number of nitrogens with zero attached hydrogens (tertiary/aromatic N) is 1. The van der Waals surface area contributed by atoms with Gasteiger partial charge in [0.05, 0.1) is 5.56 Å². The SMILES string of the molecule is CC(=O)c1ccc(N)nc1C(=O)O. The van der Waals surface area contributed by atoms with E-state index in [4.69, 9.17) is 10.8 Å². The highest BCUT2D eigenvalue weighted by atomic mass is 16.4. The van der Waals surface area contributed by atoms with Gasteiger partial charge in [0, 0.05) is 0 Å². The number of aromatic nitrogens is 1. The van der Waals surface area contributed by atoms with Crippen LogP contribution in [0, 0.1) is 0 Å². The van der Waals surface area contributed by atoms with Crippen LogP contribution in [0.1, 0.15) is 27.8 Å². The molecule has 68 valence electrons. The van der Waals surface area contributed by atoms with Gasteiger partial charge in [0.25, 0.3) is 0 Å². The van der Waals surface area contributed by atoms with Crippen LogP contribution in [0.15, 0.2) is 12.1 Å². The second-order valence-electron chi connectivity index (χ2n) is 2.49. The Bertz CT molecular complexity index is 374. The van der Waals surface area contributed by atoms with Crippen LogP contribution in [-0.4, -0.2) is 21.8 Å². The second-order valence-corrected chi connectivity index (χ2v) is 2.49. The molecule has 0 aliphatic heterocycles. The maximum atomic E-state index is 10.9. The number of carbonyl (C=O) groups excluding carboxylic acids is 1. The molecular formula is C8H8N2O3. The molecule has 1 aromatic rings. The highest BCUT2D eigenvalue weighted by Crippen LogP contribution is 2.09. The van der Waals surface area contributed by atoms with Gasteiger partial charge in [-0.05, 0) is 19.1 Å². The molecule has 0 fully saturated rings. The zero-order valence-corrected chi connectivity index (χ0v) is 6.94. The smallest absolute Gasteiger partial charge is 0.355 e. The number of Topliss-reactive ketones (excluding diaryl/α,β-unsaturated/α-hetero) is 1. The number of nitrogens with two attached hydrogens (primary N) is 1. The number of hydrogen-bond donors (Lipinski definition) is 2. The fourth-order valence-corrected chi connectivity index (χ4v) is 0.921. The Kier molecular flexibility index (Phi) is 2.27. The number of rotatable bonds is 2. The van der Waals surface area contributed by atoms with E-state index >= 15 is 0 Å². The molecule has 1 heterocycles. The van der Waals surface area contributed by atoms with Crippen LogP contribution in [0.3, 0.4) is 0 Å². The van der Waals surface area contributed by atoms with Gasteiger partial charge in [0.15, 0.2) is 11.5 Å². The van der Waals surface area contributed by atoms with Gasteiger partial charge in [-0.3, -0.25) is 4.79 Å². The molecule has 5 heteroatoms. The largest absolute Gasteiger partial charge is 0.476 e. The van der Waals surface area contributed by atoms with Crippen LogP contribution in [0.25, 0.3) is 0 Å². The number of hydrogen-bond acceptors (Lipinski definition) is 4. The summed E-state index contributed by atoms with van der Waals surface area (Å²) in [6, 6.07) is 2.75. The average Bonchev–Trinajstić information content (AvgIpc) is 2.03. The van der Waals surface area contributed by atoms with Crippen LogP contribution < -0.4 is 5.73 Å². The lowest BCUT2D eigenvalue weighted by molar-refractivity contribution is 0.0686. The summed E-state index contributed by atoms with van der Waals surface area (Å²) in [5.41, 5.74) is 5.05. The zero-order chi connectivity index (χ0) is 10.0. The van der Waals surface area contributed by atoms with E-state index < -0.39 is 5.97 Å². The molecule has 0 atom stereocenters. The third kappa shape index (κ3) is 1.81. The Morgan fingerprint density at radius 3 is 2.54 bits per heavy atom. The summed E-state index contributed by atoms with van der Waals surface area (Å²) in [6.07, 6.45) is 0. The van der Waals surface area contributed by atoms with Gasteiger partial charge in [-0.1, -0.05) is 0 Å². The van der Waals surface area contributed by atoms with Crippen LogP contribution in [0.4, 0.5) is 5.82 Å².